The van der Waals surface area contributed by atoms with Crippen LogP contribution in [0.25, 0.3) is 11.4 Å². The molecule has 3 atom stereocenters. The van der Waals surface area contributed by atoms with Gasteiger partial charge in [-0.3, -0.25) is 24.0 Å². The summed E-state index contributed by atoms with van der Waals surface area (Å²) in [5.41, 5.74) is 0.683. The number of nitrogens with one attached hydrogen (secondary N) is 4. The van der Waals surface area contributed by atoms with Crippen LogP contribution >= 0.6 is 0 Å². The van der Waals surface area contributed by atoms with Crippen molar-refractivity contribution in [3.05, 3.63) is 53.7 Å². The summed E-state index contributed by atoms with van der Waals surface area (Å²) in [5, 5.41) is 19.6. The summed E-state index contributed by atoms with van der Waals surface area (Å²) in [6.07, 6.45) is 0.929. The van der Waals surface area contributed by atoms with Gasteiger partial charge < -0.3 is 30.7 Å². The Morgan fingerprint density at radius 3 is 2.53 bits per heavy atom. The van der Waals surface area contributed by atoms with E-state index in [0.29, 0.717) is 24.5 Å². The second-order valence-electron chi connectivity index (χ2n) is 11.7. The maximum atomic E-state index is 13.5. The average molecular weight is 620 g/mol. The first-order valence-corrected chi connectivity index (χ1v) is 15.0. The van der Waals surface area contributed by atoms with Crippen molar-refractivity contribution < 1.29 is 28.5 Å². The Labute approximate surface area is 259 Å². The maximum absolute atomic E-state index is 13.5. The molecule has 0 saturated carbocycles. The summed E-state index contributed by atoms with van der Waals surface area (Å²) in [4.78, 5) is 71.0. The first kappa shape index (κ1) is 31.3. The van der Waals surface area contributed by atoms with Crippen LogP contribution in [-0.2, 0) is 32.3 Å². The van der Waals surface area contributed by atoms with Gasteiger partial charge in [0.15, 0.2) is 17.3 Å². The average Bonchev–Trinajstić information content (AvgIpc) is 3.76. The summed E-state index contributed by atoms with van der Waals surface area (Å²) in [6, 6.07) is 8.37. The number of carbonyl (C=O) groups excluding carboxylic acids is 5. The molecule has 238 valence electrons. The Morgan fingerprint density at radius 1 is 1.04 bits per heavy atom. The van der Waals surface area contributed by atoms with Crippen LogP contribution in [0.4, 0.5) is 0 Å². The Bertz CT molecular complexity index is 1570. The van der Waals surface area contributed by atoms with Crippen molar-refractivity contribution in [2.45, 2.75) is 71.2 Å². The SMILES string of the molecule is CC(C)C[C@H]1NC(=O)c2cc(on2)CN(C(=O)[C@H]2CCC(=O)N2)CCNC(=O)Cn2nc(-c3ccccc3)nc2[C@H](C)NC1=O. The van der Waals surface area contributed by atoms with Crippen LogP contribution < -0.4 is 21.3 Å². The van der Waals surface area contributed by atoms with Crippen molar-refractivity contribution in [2.75, 3.05) is 13.1 Å². The van der Waals surface area contributed by atoms with E-state index in [1.54, 1.807) is 6.92 Å². The van der Waals surface area contributed by atoms with Crippen molar-refractivity contribution in [1.82, 2.24) is 46.1 Å². The molecule has 0 unspecified atom stereocenters. The molecule has 0 spiro atoms. The normalized spacial score (nSPS) is 21.7. The molecular weight excluding hydrogens is 582 g/mol. The van der Waals surface area contributed by atoms with Gasteiger partial charge in [-0.05, 0) is 25.7 Å². The van der Waals surface area contributed by atoms with Gasteiger partial charge in [0.25, 0.3) is 5.91 Å². The first-order chi connectivity index (χ1) is 21.6. The predicted octanol–water partition coefficient (Wildman–Crippen LogP) is 0.692. The minimum absolute atomic E-state index is 0.0529. The lowest BCUT2D eigenvalue weighted by molar-refractivity contribution is -0.135. The highest BCUT2D eigenvalue weighted by molar-refractivity contribution is 5.96. The van der Waals surface area contributed by atoms with E-state index in [4.69, 9.17) is 4.52 Å². The Morgan fingerprint density at radius 2 is 1.82 bits per heavy atom. The molecule has 2 aliphatic rings. The topological polar surface area (TPSA) is 193 Å². The van der Waals surface area contributed by atoms with Crippen LogP contribution in [0.5, 0.6) is 0 Å². The van der Waals surface area contributed by atoms with Crippen LogP contribution in [-0.4, -0.2) is 79.5 Å². The van der Waals surface area contributed by atoms with Gasteiger partial charge >= 0.3 is 0 Å². The molecule has 4 N–H and O–H groups in total. The lowest BCUT2D eigenvalue weighted by Gasteiger charge is -2.25. The highest BCUT2D eigenvalue weighted by atomic mass is 16.5. The molecule has 2 bridgehead atoms. The number of amides is 5. The number of rotatable bonds is 4. The van der Waals surface area contributed by atoms with Gasteiger partial charge in [-0.25, -0.2) is 9.67 Å². The molecule has 2 aromatic heterocycles. The smallest absolute Gasteiger partial charge is 0.274 e. The van der Waals surface area contributed by atoms with E-state index in [1.807, 2.05) is 44.2 Å². The molecule has 0 aliphatic carbocycles. The largest absolute Gasteiger partial charge is 0.359 e. The van der Waals surface area contributed by atoms with E-state index >= 15 is 0 Å². The number of carbonyl (C=O) groups is 5. The number of benzene rings is 1. The highest BCUT2D eigenvalue weighted by Gasteiger charge is 2.32. The summed E-state index contributed by atoms with van der Waals surface area (Å²) in [7, 11) is 0. The molecule has 0 radical (unpaired) electrons. The van der Waals surface area contributed by atoms with E-state index in [9.17, 15) is 24.0 Å². The minimum Gasteiger partial charge on any atom is -0.359 e. The Hall–Kier alpha value is -5.08. The number of nitrogens with zero attached hydrogens (tertiary/aromatic N) is 5. The Balaban J connectivity index is 1.46. The Kier molecular flexibility index (Phi) is 9.54. The lowest BCUT2D eigenvalue weighted by atomic mass is 10.0. The summed E-state index contributed by atoms with van der Waals surface area (Å²) in [6.45, 7) is 5.53. The zero-order valence-electron chi connectivity index (χ0n) is 25.4. The molecule has 1 saturated heterocycles. The van der Waals surface area contributed by atoms with Gasteiger partial charge in [-0.2, -0.15) is 5.10 Å². The zero-order chi connectivity index (χ0) is 32.1. The van der Waals surface area contributed by atoms with Gasteiger partial charge in [0.05, 0.1) is 12.6 Å². The van der Waals surface area contributed by atoms with Crippen LogP contribution in [0, 0.1) is 5.92 Å². The standard InChI is InChI=1S/C30H37N9O6/c1-17(2)13-22-28(42)32-18(3)27-35-26(19-7-5-4-6-8-19)36-39(27)16-25(41)31-11-12-38(30(44)21-9-10-24(40)33-21)15-20-14-23(37-45-20)29(43)34-22/h4-8,14,17-18,21-22H,9-13,15-16H2,1-3H3,(H,31,41)(H,32,42)(H,33,40)(H,34,43)/t18-,21+,22+/m0/s1. The van der Waals surface area contributed by atoms with E-state index in [0.717, 1.165) is 5.56 Å². The summed E-state index contributed by atoms with van der Waals surface area (Å²) < 4.78 is 6.81. The van der Waals surface area contributed by atoms with Crippen molar-refractivity contribution in [3.63, 3.8) is 0 Å². The number of fused-ring (bicyclic) bond motifs is 3. The highest BCUT2D eigenvalue weighted by Crippen LogP contribution is 2.20. The van der Waals surface area contributed by atoms with Gasteiger partial charge in [0.1, 0.15) is 24.5 Å². The third-order valence-electron chi connectivity index (χ3n) is 7.55. The quantitative estimate of drug-likeness (QED) is 0.325. The number of aromatic nitrogens is 4. The minimum atomic E-state index is -0.906. The molecule has 1 fully saturated rings. The fourth-order valence-corrected chi connectivity index (χ4v) is 5.31. The van der Waals surface area contributed by atoms with Crippen LogP contribution in [0.2, 0.25) is 0 Å². The van der Waals surface area contributed by atoms with Gasteiger partial charge in [-0.15, -0.1) is 0 Å². The molecule has 2 aliphatic heterocycles. The molecule has 4 heterocycles. The van der Waals surface area contributed by atoms with Crippen molar-refractivity contribution in [2.24, 2.45) is 5.92 Å². The fourth-order valence-electron chi connectivity index (χ4n) is 5.31. The number of hydrogen-bond donors (Lipinski definition) is 4. The summed E-state index contributed by atoms with van der Waals surface area (Å²) >= 11 is 0. The lowest BCUT2D eigenvalue weighted by Crippen LogP contribution is -2.48. The first-order valence-electron chi connectivity index (χ1n) is 15.0. The zero-order valence-corrected chi connectivity index (χ0v) is 25.4. The van der Waals surface area contributed by atoms with Crippen molar-refractivity contribution in [3.8, 4) is 11.4 Å². The van der Waals surface area contributed by atoms with Crippen LogP contribution in [0.3, 0.4) is 0 Å². The molecule has 1 aromatic carbocycles. The fraction of sp³-hybridized carbons (Fsp3) is 0.467. The van der Waals surface area contributed by atoms with Gasteiger partial charge in [0, 0.05) is 31.1 Å². The third kappa shape index (κ3) is 7.72. The van der Waals surface area contributed by atoms with Gasteiger partial charge in [0.2, 0.25) is 23.6 Å². The molecular formula is C30H37N9O6. The molecule has 3 aromatic rings. The van der Waals surface area contributed by atoms with Crippen LogP contribution in [0.1, 0.15) is 68.1 Å². The molecule has 15 heteroatoms. The van der Waals surface area contributed by atoms with E-state index in [2.05, 4.69) is 36.5 Å². The third-order valence-corrected chi connectivity index (χ3v) is 7.55. The molecule has 5 amide bonds. The monoisotopic (exact) mass is 619 g/mol. The molecule has 45 heavy (non-hydrogen) atoms. The maximum Gasteiger partial charge on any atom is 0.274 e. The number of hydrogen-bond acceptors (Lipinski definition) is 9. The van der Waals surface area contributed by atoms with Gasteiger partial charge in [-0.1, -0.05) is 49.3 Å². The second kappa shape index (κ2) is 13.7. The van der Waals surface area contributed by atoms with E-state index in [-0.39, 0.29) is 67.7 Å². The predicted molar refractivity (Wildman–Crippen MR) is 159 cm³/mol. The van der Waals surface area contributed by atoms with E-state index < -0.39 is 29.9 Å². The second-order valence-corrected chi connectivity index (χ2v) is 11.7. The van der Waals surface area contributed by atoms with E-state index in [1.165, 1.54) is 15.6 Å². The van der Waals surface area contributed by atoms with Crippen molar-refractivity contribution in [1.29, 1.82) is 0 Å². The van der Waals surface area contributed by atoms with Crippen molar-refractivity contribution >= 4 is 29.5 Å². The molecule has 15 nitrogen and oxygen atoms in total. The summed E-state index contributed by atoms with van der Waals surface area (Å²) in [5.74, 6) is -0.965. The van der Waals surface area contributed by atoms with Crippen LogP contribution in [0.15, 0.2) is 40.9 Å². The molecule has 5 rings (SSSR count).